The van der Waals surface area contributed by atoms with Gasteiger partial charge in [0, 0.05) is 25.7 Å². The number of unbranched alkanes of at least 4 members (excludes halogenated alkanes) is 12. The molecule has 2 amide bonds. The van der Waals surface area contributed by atoms with E-state index in [1.54, 1.807) is 19.1 Å². The quantitative estimate of drug-likeness (QED) is 0.0465. The van der Waals surface area contributed by atoms with E-state index in [4.69, 9.17) is 33.5 Å². The van der Waals surface area contributed by atoms with E-state index >= 15 is 0 Å². The van der Waals surface area contributed by atoms with Crippen molar-refractivity contribution in [3.05, 3.63) is 41.7 Å². The number of benzene rings is 1. The lowest BCUT2D eigenvalue weighted by molar-refractivity contribution is -0.155. The predicted molar refractivity (Wildman–Crippen MR) is 236 cm³/mol. The summed E-state index contributed by atoms with van der Waals surface area (Å²) < 4.78 is 60.3. The van der Waals surface area contributed by atoms with Crippen molar-refractivity contribution in [2.45, 2.75) is 128 Å². The Morgan fingerprint density at radius 2 is 1.19 bits per heavy atom. The van der Waals surface area contributed by atoms with Crippen LogP contribution < -0.4 is 20.1 Å². The number of carboxylic acids is 1. The number of ether oxygens (including phenoxy) is 6. The summed E-state index contributed by atoms with van der Waals surface area (Å²) in [7, 11) is -4.00. The smallest absolute Gasteiger partial charge is 0.329 e. The fourth-order valence-corrected chi connectivity index (χ4v) is 6.89. The standard InChI is InChI=1S/C44H71N5O13S/c1-35-38(42(54)46-24-27-58-28-30-59-33-39(50)45-23-26-57-29-31-60-34-40(51)52)32-47-43(48-35)49-63(55,56)37-21-19-36(20-22-37)61-25-17-15-13-11-9-7-5-6-8-10-12-14-16-18-41(53)62-44(2,3)4/h19-22,32H,5-18,23-31,33-34H2,1-4H3,(H,45,50)(H,46,54)(H,51,52)(H,47,48,49). The van der Waals surface area contributed by atoms with Crippen LogP contribution in [0.25, 0.3) is 0 Å². The van der Waals surface area contributed by atoms with Gasteiger partial charge in [0.25, 0.3) is 15.9 Å². The molecule has 1 aromatic heterocycles. The topological polar surface area (TPSA) is 240 Å². The number of amides is 2. The number of anilines is 1. The minimum absolute atomic E-state index is 0.0166. The zero-order valence-electron chi connectivity index (χ0n) is 37.7. The molecule has 0 aliphatic carbocycles. The molecule has 63 heavy (non-hydrogen) atoms. The van der Waals surface area contributed by atoms with Gasteiger partial charge >= 0.3 is 11.9 Å². The number of aryl methyl sites for hydroxylation is 1. The van der Waals surface area contributed by atoms with Crippen LogP contribution in [0.3, 0.4) is 0 Å². The Morgan fingerprint density at radius 3 is 1.75 bits per heavy atom. The van der Waals surface area contributed by atoms with E-state index in [-0.39, 0.29) is 93.3 Å². The number of carbonyl (C=O) groups excluding carboxylic acids is 3. The van der Waals surface area contributed by atoms with E-state index in [9.17, 15) is 27.6 Å². The van der Waals surface area contributed by atoms with Gasteiger partial charge in [-0.05, 0) is 64.8 Å². The third kappa shape index (κ3) is 28.1. The Hall–Kier alpha value is -4.43. The van der Waals surface area contributed by atoms with Crippen LogP contribution in [-0.2, 0) is 48.1 Å². The van der Waals surface area contributed by atoms with E-state index in [1.165, 1.54) is 69.7 Å². The number of nitrogens with one attached hydrogen (secondary N) is 3. The summed E-state index contributed by atoms with van der Waals surface area (Å²) in [5, 5.41) is 13.8. The van der Waals surface area contributed by atoms with Gasteiger partial charge in [0.2, 0.25) is 11.9 Å². The highest BCUT2D eigenvalue weighted by molar-refractivity contribution is 7.92. The van der Waals surface area contributed by atoms with Crippen LogP contribution in [0.5, 0.6) is 5.75 Å². The maximum atomic E-state index is 13.0. The number of carboxylic acid groups (broad SMARTS) is 1. The summed E-state index contributed by atoms with van der Waals surface area (Å²) in [6, 6.07) is 6.14. The Bertz CT molecular complexity index is 1720. The van der Waals surface area contributed by atoms with Crippen molar-refractivity contribution < 1.29 is 61.1 Å². The number of hydrogen-bond acceptors (Lipinski definition) is 14. The lowest BCUT2D eigenvalue weighted by atomic mass is 10.0. The highest BCUT2D eigenvalue weighted by Crippen LogP contribution is 2.20. The molecule has 0 spiro atoms. The second-order valence-electron chi connectivity index (χ2n) is 15.9. The van der Waals surface area contributed by atoms with E-state index in [0.717, 1.165) is 32.1 Å². The molecule has 18 nitrogen and oxygen atoms in total. The van der Waals surface area contributed by atoms with Gasteiger partial charge < -0.3 is 44.2 Å². The third-order valence-corrected chi connectivity index (χ3v) is 10.4. The largest absolute Gasteiger partial charge is 0.494 e. The van der Waals surface area contributed by atoms with Crippen molar-refractivity contribution in [1.82, 2.24) is 20.6 Å². The van der Waals surface area contributed by atoms with Gasteiger partial charge in [0.1, 0.15) is 24.6 Å². The number of aliphatic carboxylic acids is 1. The number of sulfonamides is 1. The Kier molecular flexibility index (Phi) is 28.0. The van der Waals surface area contributed by atoms with Crippen LogP contribution in [0.1, 0.15) is 127 Å². The zero-order chi connectivity index (χ0) is 46.2. The molecule has 0 radical (unpaired) electrons. The average Bonchev–Trinajstić information content (AvgIpc) is 3.21. The molecule has 0 aliphatic heterocycles. The molecule has 0 aliphatic rings. The summed E-state index contributed by atoms with van der Waals surface area (Å²) in [5.41, 5.74) is 0.0484. The zero-order valence-corrected chi connectivity index (χ0v) is 38.5. The normalized spacial score (nSPS) is 11.6. The van der Waals surface area contributed by atoms with Crippen molar-refractivity contribution in [3.8, 4) is 5.75 Å². The highest BCUT2D eigenvalue weighted by Gasteiger charge is 2.19. The number of hydrogen-bond donors (Lipinski definition) is 4. The number of nitrogens with zero attached hydrogens (tertiary/aromatic N) is 2. The fraction of sp³-hybridized carbons (Fsp3) is 0.682. The third-order valence-electron chi connectivity index (χ3n) is 9.10. The lowest BCUT2D eigenvalue weighted by Gasteiger charge is -2.19. The van der Waals surface area contributed by atoms with Crippen molar-refractivity contribution in [1.29, 1.82) is 0 Å². The summed E-state index contributed by atoms with van der Waals surface area (Å²) in [4.78, 5) is 54.8. The number of esters is 1. The Balaban J connectivity index is 1.50. The van der Waals surface area contributed by atoms with Gasteiger partial charge in [-0.15, -0.1) is 0 Å². The van der Waals surface area contributed by atoms with Gasteiger partial charge in [-0.3, -0.25) is 14.4 Å². The maximum absolute atomic E-state index is 13.0. The molecule has 0 fully saturated rings. The molecule has 356 valence electrons. The Morgan fingerprint density at radius 1 is 0.667 bits per heavy atom. The predicted octanol–water partition coefficient (Wildman–Crippen LogP) is 5.76. The monoisotopic (exact) mass is 909 g/mol. The molecule has 0 atom stereocenters. The molecule has 2 aromatic rings. The average molecular weight is 910 g/mol. The second-order valence-corrected chi connectivity index (χ2v) is 17.6. The van der Waals surface area contributed by atoms with Crippen LogP contribution in [0.2, 0.25) is 0 Å². The number of aromatic nitrogens is 2. The molecule has 0 bridgehead atoms. The van der Waals surface area contributed by atoms with Gasteiger partial charge in [0.15, 0.2) is 0 Å². The summed E-state index contributed by atoms with van der Waals surface area (Å²) in [6.45, 7) is 8.84. The van der Waals surface area contributed by atoms with Crippen LogP contribution in [0.15, 0.2) is 35.4 Å². The van der Waals surface area contributed by atoms with Crippen LogP contribution in [0.4, 0.5) is 5.95 Å². The molecule has 2 rings (SSSR count). The Labute approximate surface area is 373 Å². The highest BCUT2D eigenvalue weighted by atomic mass is 32.2. The summed E-state index contributed by atoms with van der Waals surface area (Å²) in [6.07, 6.45) is 16.8. The second kappa shape index (κ2) is 32.3. The number of carbonyl (C=O) groups is 4. The molecule has 0 saturated heterocycles. The summed E-state index contributed by atoms with van der Waals surface area (Å²) in [5.74, 6) is -1.53. The van der Waals surface area contributed by atoms with Crippen LogP contribution >= 0.6 is 0 Å². The molecule has 19 heteroatoms. The lowest BCUT2D eigenvalue weighted by Crippen LogP contribution is -2.31. The fourth-order valence-electron chi connectivity index (χ4n) is 5.94. The first-order valence-corrected chi connectivity index (χ1v) is 23.5. The van der Waals surface area contributed by atoms with E-state index < -0.39 is 34.1 Å². The van der Waals surface area contributed by atoms with Crippen molar-refractivity contribution >= 4 is 39.7 Å². The first-order chi connectivity index (χ1) is 30.2. The summed E-state index contributed by atoms with van der Waals surface area (Å²) >= 11 is 0. The van der Waals surface area contributed by atoms with Gasteiger partial charge in [0.05, 0.1) is 62.4 Å². The minimum atomic E-state index is -4.00. The molecule has 0 saturated carbocycles. The molecule has 1 aromatic carbocycles. The van der Waals surface area contributed by atoms with Gasteiger partial charge in [-0.25, -0.2) is 27.9 Å². The van der Waals surface area contributed by atoms with Gasteiger partial charge in [-0.2, -0.15) is 0 Å². The molecule has 0 unspecified atom stereocenters. The number of rotatable bonds is 37. The van der Waals surface area contributed by atoms with Crippen LogP contribution in [-0.4, -0.2) is 125 Å². The first kappa shape index (κ1) is 54.7. The molecular formula is C44H71N5O13S. The molecule has 1 heterocycles. The van der Waals surface area contributed by atoms with E-state index in [2.05, 4.69) is 25.3 Å². The van der Waals surface area contributed by atoms with Crippen molar-refractivity contribution in [2.75, 3.05) is 77.3 Å². The van der Waals surface area contributed by atoms with Gasteiger partial charge in [-0.1, -0.05) is 70.6 Å². The first-order valence-electron chi connectivity index (χ1n) is 22.0. The molecular weight excluding hydrogens is 839 g/mol. The van der Waals surface area contributed by atoms with Crippen molar-refractivity contribution in [2.24, 2.45) is 0 Å². The van der Waals surface area contributed by atoms with Crippen LogP contribution in [0, 0.1) is 6.92 Å². The van der Waals surface area contributed by atoms with Crippen molar-refractivity contribution in [3.63, 3.8) is 0 Å². The molecule has 4 N–H and O–H groups in total. The maximum Gasteiger partial charge on any atom is 0.329 e. The minimum Gasteiger partial charge on any atom is -0.494 e. The van der Waals surface area contributed by atoms with E-state index in [1.807, 2.05) is 20.8 Å². The SMILES string of the molecule is Cc1nc(NS(=O)(=O)c2ccc(OCCCCCCCCCCCCCCCC(=O)OC(C)(C)C)cc2)ncc1C(=O)NCCOCCOCC(=O)NCCOCCOCC(=O)O. The van der Waals surface area contributed by atoms with E-state index in [0.29, 0.717) is 18.8 Å².